The van der Waals surface area contributed by atoms with Gasteiger partial charge in [0.15, 0.2) is 0 Å². The number of hydrogen-bond acceptors (Lipinski definition) is 2. The summed E-state index contributed by atoms with van der Waals surface area (Å²) in [6.45, 7) is 2.16. The molecule has 0 fully saturated rings. The van der Waals surface area contributed by atoms with E-state index in [1.54, 1.807) is 6.08 Å². The second kappa shape index (κ2) is 7.44. The Kier molecular flexibility index (Phi) is 5.33. The van der Waals surface area contributed by atoms with Crippen molar-refractivity contribution < 1.29 is 9.53 Å². The lowest BCUT2D eigenvalue weighted by atomic mass is 10.0. The molecule has 0 bridgehead atoms. The van der Waals surface area contributed by atoms with Crippen LogP contribution in [0.4, 0.5) is 0 Å². The van der Waals surface area contributed by atoms with Crippen LogP contribution in [-0.2, 0) is 22.4 Å². The fourth-order valence-corrected chi connectivity index (χ4v) is 2.11. The molecule has 0 aromatic heterocycles. The molecule has 0 N–H and O–H groups in total. The van der Waals surface area contributed by atoms with Gasteiger partial charge in [-0.3, -0.25) is 0 Å². The van der Waals surface area contributed by atoms with Gasteiger partial charge in [-0.15, -0.1) is 0 Å². The summed E-state index contributed by atoms with van der Waals surface area (Å²) >= 11 is 0. The highest BCUT2D eigenvalue weighted by molar-refractivity contribution is 5.86. The van der Waals surface area contributed by atoms with E-state index in [2.05, 4.69) is 48.1 Å². The van der Waals surface area contributed by atoms with Crippen LogP contribution in [0.25, 0.3) is 6.08 Å². The van der Waals surface area contributed by atoms with Crippen molar-refractivity contribution in [1.29, 1.82) is 0 Å². The van der Waals surface area contributed by atoms with Gasteiger partial charge < -0.3 is 4.74 Å². The Bertz CT molecular complexity index is 607. The number of aryl methyl sites for hydroxylation is 1. The Morgan fingerprint density at radius 2 is 1.48 bits per heavy atom. The minimum Gasteiger partial charge on any atom is -0.466 e. The summed E-state index contributed by atoms with van der Waals surface area (Å²) in [5, 5.41) is 0. The first-order valence-electron chi connectivity index (χ1n) is 7.14. The maximum absolute atomic E-state index is 11.0. The quantitative estimate of drug-likeness (QED) is 0.610. The highest BCUT2D eigenvalue weighted by Gasteiger charge is 1.98. The van der Waals surface area contributed by atoms with Crippen molar-refractivity contribution in [3.63, 3.8) is 0 Å². The van der Waals surface area contributed by atoms with Crippen molar-refractivity contribution in [1.82, 2.24) is 0 Å². The number of hydrogen-bond donors (Lipinski definition) is 0. The number of ether oxygens (including phenoxy) is 1. The lowest BCUT2D eigenvalue weighted by molar-refractivity contribution is -0.134. The Morgan fingerprint density at radius 3 is 2.00 bits per heavy atom. The third-order valence-electron chi connectivity index (χ3n) is 3.43. The topological polar surface area (TPSA) is 26.3 Å². The molecule has 0 amide bonds. The van der Waals surface area contributed by atoms with Crippen LogP contribution >= 0.6 is 0 Å². The average Bonchev–Trinajstić information content (AvgIpc) is 2.54. The fourth-order valence-electron chi connectivity index (χ4n) is 2.11. The van der Waals surface area contributed by atoms with Crippen molar-refractivity contribution in [3.8, 4) is 0 Å². The van der Waals surface area contributed by atoms with E-state index in [-0.39, 0.29) is 5.97 Å². The molecule has 2 nitrogen and oxygen atoms in total. The third kappa shape index (κ3) is 4.60. The highest BCUT2D eigenvalue weighted by atomic mass is 16.5. The zero-order valence-corrected chi connectivity index (χ0v) is 12.5. The smallest absolute Gasteiger partial charge is 0.330 e. The molecule has 2 aromatic rings. The Hall–Kier alpha value is -2.35. The van der Waals surface area contributed by atoms with Gasteiger partial charge in [0.2, 0.25) is 0 Å². The van der Waals surface area contributed by atoms with E-state index in [4.69, 9.17) is 0 Å². The molecular formula is C19H20O2. The molecule has 0 unspecified atom stereocenters. The number of methoxy groups -OCH3 is 1. The van der Waals surface area contributed by atoms with Gasteiger partial charge in [0.1, 0.15) is 0 Å². The number of rotatable bonds is 5. The third-order valence-corrected chi connectivity index (χ3v) is 3.43. The lowest BCUT2D eigenvalue weighted by Crippen LogP contribution is -1.93. The van der Waals surface area contributed by atoms with Crippen LogP contribution in [0.2, 0.25) is 0 Å². The summed E-state index contributed by atoms with van der Waals surface area (Å²) in [6, 6.07) is 16.9. The molecule has 0 aliphatic rings. The normalized spacial score (nSPS) is 10.8. The van der Waals surface area contributed by atoms with Crippen LogP contribution in [0.5, 0.6) is 0 Å². The SMILES string of the molecule is CCc1ccc(Cc2ccc(/C=C/C(=O)OC)cc2)cc1. The first-order valence-corrected chi connectivity index (χ1v) is 7.14. The van der Waals surface area contributed by atoms with E-state index in [0.29, 0.717) is 0 Å². The van der Waals surface area contributed by atoms with Gasteiger partial charge >= 0.3 is 5.97 Å². The average molecular weight is 280 g/mol. The molecule has 2 aromatic carbocycles. The molecule has 0 radical (unpaired) electrons. The largest absolute Gasteiger partial charge is 0.466 e. The van der Waals surface area contributed by atoms with Crippen molar-refractivity contribution in [2.45, 2.75) is 19.8 Å². The van der Waals surface area contributed by atoms with Gasteiger partial charge in [-0.25, -0.2) is 4.79 Å². The number of benzene rings is 2. The van der Waals surface area contributed by atoms with Crippen LogP contribution in [-0.4, -0.2) is 13.1 Å². The molecule has 0 heterocycles. The van der Waals surface area contributed by atoms with Gasteiger partial charge in [-0.2, -0.15) is 0 Å². The first-order chi connectivity index (χ1) is 10.2. The molecule has 2 rings (SSSR count). The van der Waals surface area contributed by atoms with Gasteiger partial charge in [0, 0.05) is 6.08 Å². The molecule has 21 heavy (non-hydrogen) atoms. The van der Waals surface area contributed by atoms with Crippen LogP contribution in [0.15, 0.2) is 54.6 Å². The number of carbonyl (C=O) groups is 1. The molecule has 0 spiro atoms. The van der Waals surface area contributed by atoms with Crippen molar-refractivity contribution >= 4 is 12.0 Å². The minimum atomic E-state index is -0.338. The van der Waals surface area contributed by atoms with Crippen LogP contribution in [0, 0.1) is 0 Å². The van der Waals surface area contributed by atoms with Crippen molar-refractivity contribution in [2.75, 3.05) is 7.11 Å². The predicted octanol–water partition coefficient (Wildman–Crippen LogP) is 4.03. The Morgan fingerprint density at radius 1 is 0.952 bits per heavy atom. The summed E-state index contributed by atoms with van der Waals surface area (Å²) in [5.41, 5.74) is 4.92. The van der Waals surface area contributed by atoms with E-state index >= 15 is 0 Å². The Labute approximate surface area is 126 Å². The van der Waals surface area contributed by atoms with Crippen LogP contribution < -0.4 is 0 Å². The monoisotopic (exact) mass is 280 g/mol. The zero-order chi connectivity index (χ0) is 15.1. The summed E-state index contributed by atoms with van der Waals surface area (Å²) in [7, 11) is 1.37. The highest BCUT2D eigenvalue weighted by Crippen LogP contribution is 2.13. The number of esters is 1. The maximum Gasteiger partial charge on any atom is 0.330 e. The Balaban J connectivity index is 2.01. The van der Waals surface area contributed by atoms with E-state index in [9.17, 15) is 4.79 Å². The van der Waals surface area contributed by atoms with Gasteiger partial charge in [0.05, 0.1) is 7.11 Å². The molecule has 108 valence electrons. The molecule has 0 saturated heterocycles. The maximum atomic E-state index is 11.0. The zero-order valence-electron chi connectivity index (χ0n) is 12.5. The van der Waals surface area contributed by atoms with E-state index in [1.165, 1.54) is 29.9 Å². The molecule has 0 saturated carbocycles. The molecule has 0 atom stereocenters. The van der Waals surface area contributed by atoms with E-state index < -0.39 is 0 Å². The minimum absolute atomic E-state index is 0.338. The lowest BCUT2D eigenvalue weighted by Gasteiger charge is -2.04. The first kappa shape index (κ1) is 15.0. The summed E-state index contributed by atoms with van der Waals surface area (Å²) in [5.74, 6) is -0.338. The molecule has 2 heteroatoms. The summed E-state index contributed by atoms with van der Waals surface area (Å²) in [6.07, 6.45) is 5.18. The second-order valence-corrected chi connectivity index (χ2v) is 4.94. The van der Waals surface area contributed by atoms with Gasteiger partial charge in [-0.05, 0) is 41.2 Å². The fraction of sp³-hybridized carbons (Fsp3) is 0.211. The van der Waals surface area contributed by atoms with Crippen LogP contribution in [0.1, 0.15) is 29.2 Å². The number of carbonyl (C=O) groups excluding carboxylic acids is 1. The molecule has 0 aliphatic carbocycles. The van der Waals surface area contributed by atoms with Crippen molar-refractivity contribution in [2.24, 2.45) is 0 Å². The van der Waals surface area contributed by atoms with E-state index in [1.807, 2.05) is 12.1 Å². The van der Waals surface area contributed by atoms with Crippen molar-refractivity contribution in [3.05, 3.63) is 76.9 Å². The summed E-state index contributed by atoms with van der Waals surface area (Å²) in [4.78, 5) is 11.0. The standard InChI is InChI=1S/C19H20O2/c1-3-15-4-8-17(9-5-15)14-18-10-6-16(7-11-18)12-13-19(20)21-2/h4-13H,3,14H2,1-2H3/b13-12+. The van der Waals surface area contributed by atoms with E-state index in [0.717, 1.165) is 18.4 Å². The second-order valence-electron chi connectivity index (χ2n) is 4.94. The van der Waals surface area contributed by atoms with Gasteiger partial charge in [0.25, 0.3) is 0 Å². The van der Waals surface area contributed by atoms with Crippen LogP contribution in [0.3, 0.4) is 0 Å². The predicted molar refractivity (Wildman–Crippen MR) is 86.1 cm³/mol. The summed E-state index contributed by atoms with van der Waals surface area (Å²) < 4.78 is 4.57. The van der Waals surface area contributed by atoms with Gasteiger partial charge in [-0.1, -0.05) is 55.5 Å². The molecular weight excluding hydrogens is 260 g/mol. The molecule has 0 aliphatic heterocycles.